The highest BCUT2D eigenvalue weighted by Gasteiger charge is 2.49. The van der Waals surface area contributed by atoms with Gasteiger partial charge in [-0.3, -0.25) is 14.8 Å². The van der Waals surface area contributed by atoms with Gasteiger partial charge in [0, 0.05) is 24.0 Å². The molecule has 2 aliphatic rings. The van der Waals surface area contributed by atoms with E-state index in [0.29, 0.717) is 11.7 Å². The molecule has 1 aromatic heterocycles. The number of fused-ring (bicyclic) bond motifs is 3. The van der Waals surface area contributed by atoms with Crippen molar-refractivity contribution in [1.82, 2.24) is 20.4 Å². The van der Waals surface area contributed by atoms with Crippen LogP contribution in [0.5, 0.6) is 0 Å². The Bertz CT molecular complexity index is 665. The molecule has 0 saturated carbocycles. The van der Waals surface area contributed by atoms with E-state index in [9.17, 15) is 4.79 Å². The fourth-order valence-corrected chi connectivity index (χ4v) is 3.78. The molecule has 0 amide bonds. The molecule has 2 aromatic rings. The molecule has 3 atom stereocenters. The highest BCUT2D eigenvalue weighted by molar-refractivity contribution is 6.09. The second-order valence-corrected chi connectivity index (χ2v) is 5.66. The summed E-state index contributed by atoms with van der Waals surface area (Å²) in [5.74, 6) is 0.143. The lowest BCUT2D eigenvalue weighted by Crippen LogP contribution is -2.54. The van der Waals surface area contributed by atoms with Crippen LogP contribution in [0, 0.1) is 0 Å². The largest absolute Gasteiger partial charge is 0.310 e. The number of Topliss-reactive ketones (excluding diaryl/α,β-unsaturated/α-hetero) is 1. The van der Waals surface area contributed by atoms with Crippen LogP contribution in [0.4, 0.5) is 0 Å². The van der Waals surface area contributed by atoms with Gasteiger partial charge in [-0.15, -0.1) is 0 Å². The number of piperazine rings is 1. The lowest BCUT2D eigenvalue weighted by Gasteiger charge is -2.33. The van der Waals surface area contributed by atoms with E-state index in [2.05, 4.69) is 27.3 Å². The number of hydrogen-bond donors (Lipinski definition) is 2. The number of benzene rings is 1. The Morgan fingerprint density at radius 2 is 2.30 bits per heavy atom. The molecule has 2 bridgehead atoms. The van der Waals surface area contributed by atoms with Gasteiger partial charge in [0.1, 0.15) is 5.69 Å². The van der Waals surface area contributed by atoms with E-state index in [0.717, 1.165) is 30.4 Å². The normalized spacial score (nSPS) is 29.4. The van der Waals surface area contributed by atoms with Crippen molar-refractivity contribution in [3.05, 3.63) is 30.0 Å². The van der Waals surface area contributed by atoms with Crippen molar-refractivity contribution in [2.45, 2.75) is 31.5 Å². The van der Waals surface area contributed by atoms with Gasteiger partial charge in [-0.1, -0.05) is 25.1 Å². The molecular formula is C15H18N4O. The Balaban J connectivity index is 1.73. The van der Waals surface area contributed by atoms with E-state index in [1.165, 1.54) is 0 Å². The van der Waals surface area contributed by atoms with Gasteiger partial charge >= 0.3 is 0 Å². The molecule has 1 unspecified atom stereocenters. The van der Waals surface area contributed by atoms with Crippen molar-refractivity contribution in [2.24, 2.45) is 0 Å². The van der Waals surface area contributed by atoms with Gasteiger partial charge in [-0.25, -0.2) is 0 Å². The molecule has 20 heavy (non-hydrogen) atoms. The highest BCUT2D eigenvalue weighted by atomic mass is 16.1. The average molecular weight is 270 g/mol. The van der Waals surface area contributed by atoms with E-state index >= 15 is 0 Å². The van der Waals surface area contributed by atoms with Crippen LogP contribution in [0.1, 0.15) is 23.8 Å². The van der Waals surface area contributed by atoms with Gasteiger partial charge in [0.05, 0.1) is 11.6 Å². The van der Waals surface area contributed by atoms with E-state index < -0.39 is 0 Å². The molecule has 1 aromatic carbocycles. The third kappa shape index (κ3) is 1.57. The first-order chi connectivity index (χ1) is 9.79. The van der Waals surface area contributed by atoms with Crippen molar-refractivity contribution < 1.29 is 4.79 Å². The number of para-hydroxylation sites is 1. The molecule has 5 heteroatoms. The summed E-state index contributed by atoms with van der Waals surface area (Å²) in [7, 11) is 0. The number of nitrogens with one attached hydrogen (secondary N) is 2. The number of nitrogens with zero attached hydrogens (tertiary/aromatic N) is 2. The second kappa shape index (κ2) is 4.40. The number of rotatable bonds is 3. The van der Waals surface area contributed by atoms with E-state index in [4.69, 9.17) is 0 Å². The lowest BCUT2D eigenvalue weighted by molar-refractivity contribution is 0.0773. The van der Waals surface area contributed by atoms with Crippen LogP contribution in [0.25, 0.3) is 10.9 Å². The minimum Gasteiger partial charge on any atom is -0.310 e. The second-order valence-electron chi connectivity index (χ2n) is 5.66. The van der Waals surface area contributed by atoms with E-state index in [-0.39, 0.29) is 17.9 Å². The summed E-state index contributed by atoms with van der Waals surface area (Å²) in [5.41, 5.74) is 1.51. The standard InChI is InChI=1S/C15H18N4O/c1-2-19-9-7-12(16-8-9)14(19)15(20)13-10-5-3-4-6-11(10)17-18-13/h3-6,9,12,14,16H,2,7-8H2,1H3,(H,17,18)/t9-,12+,14?/m0/s1. The van der Waals surface area contributed by atoms with Gasteiger partial charge < -0.3 is 5.32 Å². The SMILES string of the molecule is CCN1C(C(=O)c2n[nH]c3ccccc23)[C@H]2C[C@H]1CN2. The maximum atomic E-state index is 12.9. The van der Waals surface area contributed by atoms with Crippen molar-refractivity contribution in [3.8, 4) is 0 Å². The predicted octanol–water partition coefficient (Wildman–Crippen LogP) is 1.18. The molecule has 0 radical (unpaired) electrons. The summed E-state index contributed by atoms with van der Waals surface area (Å²) in [4.78, 5) is 15.2. The van der Waals surface area contributed by atoms with Gasteiger partial charge in [-0.2, -0.15) is 5.10 Å². The molecule has 5 nitrogen and oxygen atoms in total. The molecule has 0 aliphatic carbocycles. The third-order valence-electron chi connectivity index (χ3n) is 4.69. The number of hydrogen-bond acceptors (Lipinski definition) is 4. The fourth-order valence-electron chi connectivity index (χ4n) is 3.78. The Morgan fingerprint density at radius 1 is 1.45 bits per heavy atom. The lowest BCUT2D eigenvalue weighted by atomic mass is 10.0. The maximum absolute atomic E-state index is 12.9. The minimum absolute atomic E-state index is 0.0644. The van der Waals surface area contributed by atoms with Crippen molar-refractivity contribution in [1.29, 1.82) is 0 Å². The van der Waals surface area contributed by atoms with Gasteiger partial charge in [-0.05, 0) is 19.0 Å². The fraction of sp³-hybridized carbons (Fsp3) is 0.467. The minimum atomic E-state index is -0.0644. The zero-order valence-corrected chi connectivity index (χ0v) is 11.5. The Hall–Kier alpha value is -1.72. The van der Waals surface area contributed by atoms with Crippen molar-refractivity contribution in [2.75, 3.05) is 13.1 Å². The molecule has 104 valence electrons. The summed E-state index contributed by atoms with van der Waals surface area (Å²) in [5, 5.41) is 11.6. The smallest absolute Gasteiger partial charge is 0.202 e. The van der Waals surface area contributed by atoms with Gasteiger partial charge in [0.15, 0.2) is 0 Å². The Labute approximate surface area is 117 Å². The number of ketones is 1. The van der Waals surface area contributed by atoms with Crippen LogP contribution in [0.3, 0.4) is 0 Å². The molecule has 3 heterocycles. The van der Waals surface area contributed by atoms with Gasteiger partial charge in [0.2, 0.25) is 5.78 Å². The molecule has 0 spiro atoms. The molecule has 2 aliphatic heterocycles. The first kappa shape index (κ1) is 12.1. The molecule has 2 saturated heterocycles. The number of aromatic amines is 1. The van der Waals surface area contributed by atoms with E-state index in [1.807, 2.05) is 24.3 Å². The number of H-pyrrole nitrogens is 1. The summed E-state index contributed by atoms with van der Waals surface area (Å²) >= 11 is 0. The van der Waals surface area contributed by atoms with Crippen LogP contribution in [0.2, 0.25) is 0 Å². The maximum Gasteiger partial charge on any atom is 0.202 e. The van der Waals surface area contributed by atoms with Crippen LogP contribution < -0.4 is 5.32 Å². The summed E-state index contributed by atoms with van der Waals surface area (Å²) in [6.45, 7) is 4.05. The van der Waals surface area contributed by atoms with Crippen molar-refractivity contribution >= 4 is 16.7 Å². The number of carbonyl (C=O) groups excluding carboxylic acids is 1. The zero-order valence-electron chi connectivity index (χ0n) is 11.5. The Kier molecular flexibility index (Phi) is 2.65. The quantitative estimate of drug-likeness (QED) is 0.822. The monoisotopic (exact) mass is 270 g/mol. The molecule has 2 N–H and O–H groups in total. The molecule has 4 rings (SSSR count). The van der Waals surface area contributed by atoms with Gasteiger partial charge in [0.25, 0.3) is 0 Å². The molecular weight excluding hydrogens is 252 g/mol. The van der Waals surface area contributed by atoms with E-state index in [1.54, 1.807) is 0 Å². The predicted molar refractivity (Wildman–Crippen MR) is 76.8 cm³/mol. The Morgan fingerprint density at radius 3 is 3.15 bits per heavy atom. The van der Waals surface area contributed by atoms with Crippen LogP contribution in [0.15, 0.2) is 24.3 Å². The number of likely N-dealkylation sites (N-methyl/N-ethyl adjacent to an activating group) is 1. The highest BCUT2D eigenvalue weighted by Crippen LogP contribution is 2.32. The third-order valence-corrected chi connectivity index (χ3v) is 4.69. The average Bonchev–Trinajstić information content (AvgIpc) is 3.19. The topological polar surface area (TPSA) is 61.0 Å². The van der Waals surface area contributed by atoms with Crippen LogP contribution in [-0.4, -0.2) is 52.1 Å². The number of likely N-dealkylation sites (tertiary alicyclic amines) is 1. The van der Waals surface area contributed by atoms with Crippen LogP contribution >= 0.6 is 0 Å². The molecule has 2 fully saturated rings. The summed E-state index contributed by atoms with van der Waals surface area (Å²) in [6, 6.07) is 8.54. The van der Waals surface area contributed by atoms with Crippen LogP contribution in [-0.2, 0) is 0 Å². The number of carbonyl (C=O) groups is 1. The van der Waals surface area contributed by atoms with Crippen molar-refractivity contribution in [3.63, 3.8) is 0 Å². The first-order valence-electron chi connectivity index (χ1n) is 7.26. The first-order valence-corrected chi connectivity index (χ1v) is 7.26. The summed E-state index contributed by atoms with van der Waals surface area (Å²) in [6.07, 6.45) is 1.08. The number of aromatic nitrogens is 2. The summed E-state index contributed by atoms with van der Waals surface area (Å²) < 4.78 is 0. The zero-order chi connectivity index (χ0) is 13.7.